The number of rotatable bonds is 8. The lowest BCUT2D eigenvalue weighted by atomic mass is 9.99. The predicted molar refractivity (Wildman–Crippen MR) is 120 cm³/mol. The molecule has 154 valence electrons. The van der Waals surface area contributed by atoms with Gasteiger partial charge in [0.15, 0.2) is 11.7 Å². The van der Waals surface area contributed by atoms with Crippen LogP contribution in [-0.4, -0.2) is 23.5 Å². The lowest BCUT2D eigenvalue weighted by Crippen LogP contribution is -2.33. The van der Waals surface area contributed by atoms with E-state index in [-0.39, 0.29) is 23.5 Å². The molecule has 0 fully saturated rings. The zero-order valence-electron chi connectivity index (χ0n) is 17.0. The first-order valence-electron chi connectivity index (χ1n) is 9.64. The third-order valence-electron chi connectivity index (χ3n) is 4.43. The van der Waals surface area contributed by atoms with Crippen molar-refractivity contribution in [2.45, 2.75) is 39.5 Å². The maximum Gasteiger partial charge on any atom is 0.262 e. The predicted octanol–water partition coefficient (Wildman–Crippen LogP) is 4.44. The normalized spacial score (nSPS) is 11.3. The van der Waals surface area contributed by atoms with E-state index in [2.05, 4.69) is 29.8 Å². The van der Waals surface area contributed by atoms with Crippen LogP contribution in [0.25, 0.3) is 0 Å². The van der Waals surface area contributed by atoms with E-state index in [1.165, 1.54) is 5.56 Å². The highest BCUT2D eigenvalue weighted by Gasteiger charge is 2.07. The number of carbonyl (C=O) groups excluding carboxylic acids is 2. The van der Waals surface area contributed by atoms with Crippen LogP contribution in [0.5, 0.6) is 5.75 Å². The summed E-state index contributed by atoms with van der Waals surface area (Å²) >= 11 is 5.06. The van der Waals surface area contributed by atoms with Gasteiger partial charge in [0, 0.05) is 17.8 Å². The first-order chi connectivity index (χ1) is 13.9. The van der Waals surface area contributed by atoms with Gasteiger partial charge in [-0.25, -0.2) is 0 Å². The van der Waals surface area contributed by atoms with Crippen LogP contribution in [0.1, 0.15) is 45.1 Å². The van der Waals surface area contributed by atoms with Crippen LogP contribution in [0.2, 0.25) is 0 Å². The van der Waals surface area contributed by atoms with Gasteiger partial charge in [0.05, 0.1) is 0 Å². The summed E-state index contributed by atoms with van der Waals surface area (Å²) in [4.78, 5) is 23.4. The van der Waals surface area contributed by atoms with Crippen LogP contribution in [0.3, 0.4) is 0 Å². The van der Waals surface area contributed by atoms with Crippen molar-refractivity contribution in [2.24, 2.45) is 0 Å². The number of nitrogens with one attached hydrogen (secondary N) is 3. The van der Waals surface area contributed by atoms with Crippen LogP contribution in [0, 0.1) is 0 Å². The minimum atomic E-state index is -0.248. The molecule has 0 saturated heterocycles. The standard InChI is InChI=1S/C22H27N3O3S/c1-4-15(3)16-6-12-19(13-7-16)28-14-21(27)23-17-8-10-18(11-9-17)24-22(29)25-20(26)5-2/h6-13,15H,4-5,14H2,1-3H3,(H,23,27)(H2,24,25,26,29)/t15-/m0/s1. The molecule has 29 heavy (non-hydrogen) atoms. The summed E-state index contributed by atoms with van der Waals surface area (Å²) in [5, 5.41) is 8.49. The summed E-state index contributed by atoms with van der Waals surface area (Å²) in [6.07, 6.45) is 1.44. The molecule has 1 atom stereocenters. The first-order valence-corrected chi connectivity index (χ1v) is 10.1. The molecule has 0 aliphatic heterocycles. The highest BCUT2D eigenvalue weighted by molar-refractivity contribution is 7.80. The van der Waals surface area contributed by atoms with E-state index < -0.39 is 0 Å². The Morgan fingerprint density at radius 1 is 0.931 bits per heavy atom. The second kappa shape index (κ2) is 11.2. The number of amides is 2. The topological polar surface area (TPSA) is 79.5 Å². The number of carbonyl (C=O) groups is 2. The Hall–Kier alpha value is -2.93. The van der Waals surface area contributed by atoms with E-state index in [1.807, 2.05) is 24.3 Å². The third kappa shape index (κ3) is 7.54. The molecule has 0 aromatic heterocycles. The van der Waals surface area contributed by atoms with Crippen molar-refractivity contribution >= 4 is 40.5 Å². The number of thiocarbonyl (C=S) groups is 1. The van der Waals surface area contributed by atoms with E-state index in [0.29, 0.717) is 29.5 Å². The van der Waals surface area contributed by atoms with Gasteiger partial charge < -0.3 is 20.7 Å². The Bertz CT molecular complexity index is 835. The largest absolute Gasteiger partial charge is 0.484 e. The minimum absolute atomic E-state index is 0.0736. The van der Waals surface area contributed by atoms with Crippen LogP contribution < -0.4 is 20.7 Å². The average Bonchev–Trinajstić information content (AvgIpc) is 2.73. The second-order valence-electron chi connectivity index (χ2n) is 6.65. The molecule has 3 N–H and O–H groups in total. The van der Waals surface area contributed by atoms with Crippen molar-refractivity contribution in [3.05, 3.63) is 54.1 Å². The molecule has 2 amide bonds. The lowest BCUT2D eigenvalue weighted by Gasteiger charge is -2.12. The quantitative estimate of drug-likeness (QED) is 0.558. The molecule has 6 nitrogen and oxygen atoms in total. The van der Waals surface area contributed by atoms with E-state index in [9.17, 15) is 9.59 Å². The van der Waals surface area contributed by atoms with Crippen molar-refractivity contribution in [2.75, 3.05) is 17.2 Å². The van der Waals surface area contributed by atoms with Crippen LogP contribution in [0.4, 0.5) is 11.4 Å². The van der Waals surface area contributed by atoms with E-state index in [1.54, 1.807) is 31.2 Å². The molecule has 0 aliphatic carbocycles. The Morgan fingerprint density at radius 2 is 1.52 bits per heavy atom. The number of ether oxygens (including phenoxy) is 1. The summed E-state index contributed by atoms with van der Waals surface area (Å²) < 4.78 is 5.55. The maximum atomic E-state index is 12.1. The second-order valence-corrected chi connectivity index (χ2v) is 7.06. The summed E-state index contributed by atoms with van der Waals surface area (Å²) in [6.45, 7) is 6.01. The van der Waals surface area contributed by atoms with Crippen molar-refractivity contribution in [1.82, 2.24) is 5.32 Å². The maximum absolute atomic E-state index is 12.1. The molecule has 2 aromatic carbocycles. The van der Waals surface area contributed by atoms with Crippen LogP contribution in [-0.2, 0) is 9.59 Å². The Morgan fingerprint density at radius 3 is 2.07 bits per heavy atom. The van der Waals surface area contributed by atoms with E-state index in [0.717, 1.165) is 6.42 Å². The van der Waals surface area contributed by atoms with E-state index in [4.69, 9.17) is 17.0 Å². The Balaban J connectivity index is 1.80. The zero-order valence-corrected chi connectivity index (χ0v) is 17.8. The van der Waals surface area contributed by atoms with Crippen molar-refractivity contribution in [1.29, 1.82) is 0 Å². The summed E-state index contributed by atoms with van der Waals surface area (Å²) in [5.41, 5.74) is 2.61. The number of hydrogen-bond acceptors (Lipinski definition) is 4. The monoisotopic (exact) mass is 413 g/mol. The van der Waals surface area contributed by atoms with Gasteiger partial charge in [0.1, 0.15) is 5.75 Å². The number of anilines is 2. The molecular formula is C22H27N3O3S. The zero-order chi connectivity index (χ0) is 21.2. The highest BCUT2D eigenvalue weighted by Crippen LogP contribution is 2.21. The van der Waals surface area contributed by atoms with E-state index >= 15 is 0 Å². The molecule has 0 heterocycles. The fourth-order valence-corrected chi connectivity index (χ4v) is 2.72. The Kier molecular flexibility index (Phi) is 8.61. The summed E-state index contributed by atoms with van der Waals surface area (Å²) in [7, 11) is 0. The Labute approximate surface area is 177 Å². The molecule has 0 saturated carbocycles. The molecule has 2 rings (SSSR count). The first kappa shape index (κ1) is 22.4. The molecular weight excluding hydrogens is 386 g/mol. The summed E-state index contributed by atoms with van der Waals surface area (Å²) in [5.74, 6) is 0.764. The van der Waals surface area contributed by atoms with Crippen LogP contribution in [0.15, 0.2) is 48.5 Å². The van der Waals surface area contributed by atoms with Gasteiger partial charge in [-0.3, -0.25) is 9.59 Å². The van der Waals surface area contributed by atoms with Gasteiger partial charge in [-0.1, -0.05) is 32.9 Å². The van der Waals surface area contributed by atoms with Crippen molar-refractivity contribution in [3.8, 4) is 5.75 Å². The third-order valence-corrected chi connectivity index (χ3v) is 4.64. The van der Waals surface area contributed by atoms with Gasteiger partial charge in [0.25, 0.3) is 5.91 Å². The minimum Gasteiger partial charge on any atom is -0.484 e. The SMILES string of the molecule is CCC(=O)NC(=S)Nc1ccc(NC(=O)COc2ccc([C@@H](C)CC)cc2)cc1. The van der Waals surface area contributed by atoms with Crippen molar-refractivity contribution in [3.63, 3.8) is 0 Å². The number of hydrogen-bond donors (Lipinski definition) is 3. The fraction of sp³-hybridized carbons (Fsp3) is 0.318. The molecule has 0 radical (unpaired) electrons. The fourth-order valence-electron chi connectivity index (χ4n) is 2.49. The molecule has 0 spiro atoms. The van der Waals surface area contributed by atoms with Gasteiger partial charge in [-0.15, -0.1) is 0 Å². The number of benzene rings is 2. The average molecular weight is 414 g/mol. The molecule has 7 heteroatoms. The molecule has 2 aromatic rings. The summed E-state index contributed by atoms with van der Waals surface area (Å²) in [6, 6.07) is 14.8. The van der Waals surface area contributed by atoms with Crippen LogP contribution >= 0.6 is 12.2 Å². The molecule has 0 aliphatic rings. The van der Waals surface area contributed by atoms with Gasteiger partial charge in [0.2, 0.25) is 5.91 Å². The highest BCUT2D eigenvalue weighted by atomic mass is 32.1. The van der Waals surface area contributed by atoms with Gasteiger partial charge in [-0.05, 0) is 66.5 Å². The van der Waals surface area contributed by atoms with Gasteiger partial charge >= 0.3 is 0 Å². The smallest absolute Gasteiger partial charge is 0.262 e. The lowest BCUT2D eigenvalue weighted by molar-refractivity contribution is -0.119. The van der Waals surface area contributed by atoms with Crippen molar-refractivity contribution < 1.29 is 14.3 Å². The van der Waals surface area contributed by atoms with Gasteiger partial charge in [-0.2, -0.15) is 0 Å². The molecule has 0 bridgehead atoms. The molecule has 0 unspecified atom stereocenters.